The molecule has 2 atom stereocenters. The molecule has 1 fully saturated rings. The van der Waals surface area contributed by atoms with E-state index in [1.165, 1.54) is 11.8 Å². The van der Waals surface area contributed by atoms with E-state index in [-0.39, 0.29) is 47.9 Å². The molecule has 0 spiro atoms. The number of nitrogens with zero attached hydrogens (tertiary/aromatic N) is 4. The number of fused-ring (bicyclic) bond motifs is 1. The number of rotatable bonds is 1. The molecule has 0 saturated carbocycles. The summed E-state index contributed by atoms with van der Waals surface area (Å²) in [7, 11) is 0. The topological polar surface area (TPSA) is 51.1 Å². The lowest BCUT2D eigenvalue weighted by atomic mass is 10.1. The third kappa shape index (κ3) is 3.12. The van der Waals surface area contributed by atoms with Crippen LogP contribution in [0.3, 0.4) is 0 Å². The van der Waals surface area contributed by atoms with Crippen LogP contribution in [0.5, 0.6) is 0 Å². The highest BCUT2D eigenvalue weighted by atomic mass is 19.1. The van der Waals surface area contributed by atoms with Gasteiger partial charge in [0.15, 0.2) is 12.1 Å². The number of pyridine rings is 1. The van der Waals surface area contributed by atoms with E-state index >= 15 is 0 Å². The number of anilines is 1. The van der Waals surface area contributed by atoms with Crippen molar-refractivity contribution in [2.75, 3.05) is 24.7 Å². The molecule has 2 aromatic rings. The van der Waals surface area contributed by atoms with Gasteiger partial charge in [0.2, 0.25) is 0 Å². The predicted octanol–water partition coefficient (Wildman–Crippen LogP) is 2.75. The Morgan fingerprint density at radius 1 is 1.24 bits per heavy atom. The number of hydrogen-bond donors (Lipinski definition) is 0. The molecule has 0 N–H and O–H groups in total. The summed E-state index contributed by atoms with van der Waals surface area (Å²) in [6.07, 6.45) is -2.60. The number of aromatic nitrogens is 3. The van der Waals surface area contributed by atoms with Crippen LogP contribution in [0.15, 0.2) is 0 Å². The van der Waals surface area contributed by atoms with Gasteiger partial charge in [0.1, 0.15) is 17.0 Å². The number of hydrogen-bond acceptors (Lipinski definition) is 5. The van der Waals surface area contributed by atoms with Crippen molar-refractivity contribution in [1.29, 1.82) is 0 Å². The molecular formula is C17H17F3N4O. The molecule has 1 saturated heterocycles. The zero-order valence-corrected chi connectivity index (χ0v) is 14.1. The number of ether oxygens (including phenoxy) is 1. The Bertz CT molecular complexity index is 878. The zero-order chi connectivity index (χ0) is 18.1. The summed E-state index contributed by atoms with van der Waals surface area (Å²) in [6.45, 7) is 5.33. The van der Waals surface area contributed by atoms with E-state index in [1.54, 1.807) is 13.8 Å². The Morgan fingerprint density at radius 3 is 2.72 bits per heavy atom. The third-order valence-corrected chi connectivity index (χ3v) is 4.04. The molecular weight excluding hydrogens is 333 g/mol. The van der Waals surface area contributed by atoms with E-state index in [0.717, 1.165) is 0 Å². The number of aryl methyl sites for hydroxylation is 1. The summed E-state index contributed by atoms with van der Waals surface area (Å²) in [5.41, 5.74) is -0.0205. The van der Waals surface area contributed by atoms with Gasteiger partial charge in [0.05, 0.1) is 24.3 Å². The smallest absolute Gasteiger partial charge is 0.311 e. The molecule has 0 bridgehead atoms. The predicted molar refractivity (Wildman–Crippen MR) is 86.8 cm³/mol. The van der Waals surface area contributed by atoms with Crippen LogP contribution in [0.4, 0.5) is 19.0 Å². The Labute approximate surface area is 143 Å². The van der Waals surface area contributed by atoms with Crippen molar-refractivity contribution in [3.63, 3.8) is 0 Å². The Kier molecular flexibility index (Phi) is 4.77. The van der Waals surface area contributed by atoms with Crippen LogP contribution in [0, 0.1) is 36.6 Å². The first-order valence-corrected chi connectivity index (χ1v) is 7.88. The van der Waals surface area contributed by atoms with Gasteiger partial charge >= 0.3 is 6.08 Å². The second-order valence-electron chi connectivity index (χ2n) is 5.89. The summed E-state index contributed by atoms with van der Waals surface area (Å²) in [5.74, 6) is 4.14. The van der Waals surface area contributed by atoms with E-state index in [9.17, 15) is 13.2 Å². The molecule has 132 valence electrons. The van der Waals surface area contributed by atoms with Gasteiger partial charge in [-0.3, -0.25) is 0 Å². The molecule has 25 heavy (non-hydrogen) atoms. The summed E-state index contributed by atoms with van der Waals surface area (Å²) >= 11 is 0. The maximum absolute atomic E-state index is 14.9. The van der Waals surface area contributed by atoms with Gasteiger partial charge < -0.3 is 9.64 Å². The highest BCUT2D eigenvalue weighted by molar-refractivity contribution is 5.94. The van der Waals surface area contributed by atoms with E-state index in [1.807, 2.05) is 0 Å². The van der Waals surface area contributed by atoms with Crippen molar-refractivity contribution < 1.29 is 17.9 Å². The Balaban J connectivity index is 2.33. The SMILES string of the molecule is CC#Cc1nc(C)c(F)c2nc(F)nc(N3CCOCC(C)C3F)c12. The largest absolute Gasteiger partial charge is 0.379 e. The van der Waals surface area contributed by atoms with Gasteiger partial charge in [0, 0.05) is 12.5 Å². The number of halogens is 3. The normalized spacial score (nSPS) is 21.0. The van der Waals surface area contributed by atoms with Crippen LogP contribution < -0.4 is 4.90 Å². The Hall–Kier alpha value is -2.40. The first-order chi connectivity index (χ1) is 11.9. The van der Waals surface area contributed by atoms with Crippen molar-refractivity contribution in [3.05, 3.63) is 23.3 Å². The van der Waals surface area contributed by atoms with Crippen molar-refractivity contribution in [2.24, 2.45) is 5.92 Å². The van der Waals surface area contributed by atoms with E-state index in [4.69, 9.17) is 4.74 Å². The van der Waals surface area contributed by atoms with Gasteiger partial charge in [-0.05, 0) is 19.8 Å². The van der Waals surface area contributed by atoms with Crippen molar-refractivity contribution in [3.8, 4) is 11.8 Å². The molecule has 3 heterocycles. The highest BCUT2D eigenvalue weighted by Crippen LogP contribution is 2.32. The second kappa shape index (κ2) is 6.84. The minimum absolute atomic E-state index is 0.0404. The minimum atomic E-state index is -1.47. The molecule has 0 aromatic carbocycles. The van der Waals surface area contributed by atoms with E-state index in [0.29, 0.717) is 0 Å². The van der Waals surface area contributed by atoms with Crippen LogP contribution in [-0.4, -0.2) is 41.0 Å². The molecule has 0 radical (unpaired) electrons. The summed E-state index contributed by atoms with van der Waals surface area (Å²) in [6, 6.07) is 0. The highest BCUT2D eigenvalue weighted by Gasteiger charge is 2.31. The number of alkyl halides is 1. The molecule has 3 rings (SSSR count). The zero-order valence-electron chi connectivity index (χ0n) is 14.1. The van der Waals surface area contributed by atoms with Gasteiger partial charge in [0.25, 0.3) is 0 Å². The van der Waals surface area contributed by atoms with Crippen LogP contribution in [-0.2, 0) is 4.74 Å². The van der Waals surface area contributed by atoms with Crippen molar-refractivity contribution >= 4 is 16.7 Å². The molecule has 0 aliphatic carbocycles. The molecule has 1 aliphatic rings. The lowest BCUT2D eigenvalue weighted by Gasteiger charge is -2.28. The van der Waals surface area contributed by atoms with Crippen LogP contribution in [0.2, 0.25) is 0 Å². The fraction of sp³-hybridized carbons (Fsp3) is 0.471. The Morgan fingerprint density at radius 2 is 2.00 bits per heavy atom. The minimum Gasteiger partial charge on any atom is -0.379 e. The maximum Gasteiger partial charge on any atom is 0.311 e. The van der Waals surface area contributed by atoms with Crippen LogP contribution in [0.25, 0.3) is 10.9 Å². The maximum atomic E-state index is 14.9. The standard InChI is InChI=1S/C17H17F3N4O/c1-4-5-11-12-14(13(18)10(3)21-11)22-17(20)23-16(12)24-6-7-25-8-9(2)15(24)19/h9,15H,6-8H2,1-3H3. The molecule has 8 heteroatoms. The molecule has 5 nitrogen and oxygen atoms in total. The molecule has 2 unspecified atom stereocenters. The van der Waals surface area contributed by atoms with Crippen LogP contribution in [0.1, 0.15) is 25.2 Å². The summed E-state index contributed by atoms with van der Waals surface area (Å²) in [5, 5.41) is 0.107. The molecule has 1 aliphatic heterocycles. The average Bonchev–Trinajstić information content (AvgIpc) is 2.74. The van der Waals surface area contributed by atoms with E-state index in [2.05, 4.69) is 26.8 Å². The summed E-state index contributed by atoms with van der Waals surface area (Å²) in [4.78, 5) is 12.7. The van der Waals surface area contributed by atoms with Crippen LogP contribution >= 0.6 is 0 Å². The van der Waals surface area contributed by atoms with Crippen molar-refractivity contribution in [2.45, 2.75) is 27.1 Å². The molecule has 0 amide bonds. The molecule has 2 aromatic heterocycles. The quantitative estimate of drug-likeness (QED) is 0.450. The fourth-order valence-corrected chi connectivity index (χ4v) is 2.82. The average molecular weight is 350 g/mol. The third-order valence-electron chi connectivity index (χ3n) is 4.04. The van der Waals surface area contributed by atoms with Gasteiger partial charge in [-0.15, -0.1) is 0 Å². The van der Waals surface area contributed by atoms with Crippen molar-refractivity contribution in [1.82, 2.24) is 15.0 Å². The second-order valence-corrected chi connectivity index (χ2v) is 5.89. The van der Waals surface area contributed by atoms with E-state index < -0.39 is 24.1 Å². The van der Waals surface area contributed by atoms with Gasteiger partial charge in [-0.1, -0.05) is 12.8 Å². The lowest BCUT2D eigenvalue weighted by Crippen LogP contribution is -2.38. The first-order valence-electron chi connectivity index (χ1n) is 7.88. The fourth-order valence-electron chi connectivity index (χ4n) is 2.82. The lowest BCUT2D eigenvalue weighted by molar-refractivity contribution is 0.105. The van der Waals surface area contributed by atoms with Gasteiger partial charge in [-0.25, -0.2) is 13.8 Å². The first kappa shape index (κ1) is 17.4. The summed E-state index contributed by atoms with van der Waals surface area (Å²) < 4.78 is 48.7. The monoisotopic (exact) mass is 350 g/mol. The van der Waals surface area contributed by atoms with Gasteiger partial charge in [-0.2, -0.15) is 14.4 Å².